The molecule has 112 valence electrons. The van der Waals surface area contributed by atoms with E-state index in [2.05, 4.69) is 0 Å². The van der Waals surface area contributed by atoms with Crippen molar-refractivity contribution in [3.8, 4) is 5.75 Å². The molecule has 0 radical (unpaired) electrons. The minimum Gasteiger partial charge on any atom is -0.497 e. The highest BCUT2D eigenvalue weighted by molar-refractivity contribution is 6.14. The van der Waals surface area contributed by atoms with Gasteiger partial charge < -0.3 is 4.74 Å². The van der Waals surface area contributed by atoms with Gasteiger partial charge in [-0.05, 0) is 18.2 Å². The molecule has 4 heteroatoms. The van der Waals surface area contributed by atoms with Gasteiger partial charge in [-0.3, -0.25) is 14.2 Å². The van der Waals surface area contributed by atoms with Gasteiger partial charge in [-0.2, -0.15) is 0 Å². The summed E-state index contributed by atoms with van der Waals surface area (Å²) < 4.78 is 6.96. The van der Waals surface area contributed by atoms with Crippen LogP contribution >= 0.6 is 0 Å². The predicted molar refractivity (Wildman–Crippen MR) is 86.8 cm³/mol. The Kier molecular flexibility index (Phi) is 3.45. The summed E-state index contributed by atoms with van der Waals surface area (Å²) in [6, 6.07) is 11.1. The van der Waals surface area contributed by atoms with Crippen LogP contribution in [0.15, 0.2) is 36.4 Å². The number of hydrogen-bond acceptors (Lipinski definition) is 3. The minimum absolute atomic E-state index is 0.00342. The molecule has 3 rings (SSSR count). The molecule has 1 aromatic heterocycles. The SMILES string of the molecule is COc1ccc2c3ccc(C=O)cc3n(C(=O)C(C)C)c2c1. The highest BCUT2D eigenvalue weighted by atomic mass is 16.5. The zero-order chi connectivity index (χ0) is 15.9. The van der Waals surface area contributed by atoms with Gasteiger partial charge in [0.1, 0.15) is 12.0 Å². The second-order valence-electron chi connectivity index (χ2n) is 5.61. The Morgan fingerprint density at radius 3 is 2.32 bits per heavy atom. The van der Waals surface area contributed by atoms with Crippen LogP contribution in [0.2, 0.25) is 0 Å². The van der Waals surface area contributed by atoms with Crippen molar-refractivity contribution in [1.29, 1.82) is 0 Å². The summed E-state index contributed by atoms with van der Waals surface area (Å²) in [7, 11) is 1.60. The Balaban J connectivity index is 2.47. The number of aldehydes is 1. The number of hydrogen-bond donors (Lipinski definition) is 0. The van der Waals surface area contributed by atoms with E-state index < -0.39 is 0 Å². The molecule has 0 bridgehead atoms. The van der Waals surface area contributed by atoms with Crippen molar-refractivity contribution in [3.05, 3.63) is 42.0 Å². The molecule has 22 heavy (non-hydrogen) atoms. The van der Waals surface area contributed by atoms with Crippen molar-refractivity contribution in [1.82, 2.24) is 4.57 Å². The summed E-state index contributed by atoms with van der Waals surface area (Å²) >= 11 is 0. The summed E-state index contributed by atoms with van der Waals surface area (Å²) in [5.41, 5.74) is 2.11. The molecule has 0 saturated carbocycles. The average Bonchev–Trinajstić information content (AvgIpc) is 2.86. The molecule has 0 aliphatic heterocycles. The molecule has 0 amide bonds. The van der Waals surface area contributed by atoms with Crippen LogP contribution in [-0.2, 0) is 0 Å². The van der Waals surface area contributed by atoms with E-state index in [1.165, 1.54) is 0 Å². The predicted octanol–water partition coefficient (Wildman–Crippen LogP) is 3.91. The zero-order valence-electron chi connectivity index (χ0n) is 12.8. The summed E-state index contributed by atoms with van der Waals surface area (Å²) in [6.07, 6.45) is 0.794. The Hall–Kier alpha value is -2.62. The number of aromatic nitrogens is 1. The standard InChI is InChI=1S/C18H17NO3/c1-11(2)18(21)19-16-8-12(10-20)4-6-14(16)15-7-5-13(22-3)9-17(15)19/h4-11H,1-3H3. The third-order valence-corrected chi connectivity index (χ3v) is 3.85. The lowest BCUT2D eigenvalue weighted by atomic mass is 10.1. The van der Waals surface area contributed by atoms with Crippen molar-refractivity contribution in [3.63, 3.8) is 0 Å². The lowest BCUT2D eigenvalue weighted by Gasteiger charge is -2.09. The van der Waals surface area contributed by atoms with E-state index in [9.17, 15) is 9.59 Å². The molecule has 0 N–H and O–H groups in total. The van der Waals surface area contributed by atoms with E-state index in [0.717, 1.165) is 28.1 Å². The molecular formula is C18H17NO3. The van der Waals surface area contributed by atoms with Crippen molar-refractivity contribution >= 4 is 34.0 Å². The molecule has 2 aromatic carbocycles. The van der Waals surface area contributed by atoms with Crippen LogP contribution in [0.5, 0.6) is 5.75 Å². The highest BCUT2D eigenvalue weighted by Gasteiger charge is 2.19. The van der Waals surface area contributed by atoms with Gasteiger partial charge in [0, 0.05) is 28.3 Å². The fourth-order valence-electron chi connectivity index (χ4n) is 2.71. The average molecular weight is 295 g/mol. The molecule has 0 atom stereocenters. The van der Waals surface area contributed by atoms with E-state index in [1.54, 1.807) is 23.8 Å². The molecule has 0 saturated heterocycles. The largest absolute Gasteiger partial charge is 0.497 e. The molecule has 0 aliphatic rings. The highest BCUT2D eigenvalue weighted by Crippen LogP contribution is 2.32. The van der Waals surface area contributed by atoms with Gasteiger partial charge in [-0.1, -0.05) is 26.0 Å². The maximum absolute atomic E-state index is 12.7. The first-order valence-electron chi connectivity index (χ1n) is 7.18. The van der Waals surface area contributed by atoms with Crippen LogP contribution in [0, 0.1) is 5.92 Å². The fraction of sp³-hybridized carbons (Fsp3) is 0.222. The van der Waals surface area contributed by atoms with Crippen molar-refractivity contribution < 1.29 is 14.3 Å². The maximum Gasteiger partial charge on any atom is 0.234 e. The summed E-state index contributed by atoms with van der Waals surface area (Å²) in [6.45, 7) is 3.73. The third-order valence-electron chi connectivity index (χ3n) is 3.85. The number of carbonyl (C=O) groups excluding carboxylic acids is 2. The Morgan fingerprint density at radius 1 is 1.09 bits per heavy atom. The van der Waals surface area contributed by atoms with Gasteiger partial charge in [0.05, 0.1) is 18.1 Å². The molecule has 0 unspecified atom stereocenters. The third kappa shape index (κ3) is 2.08. The van der Waals surface area contributed by atoms with Crippen LogP contribution in [0.3, 0.4) is 0 Å². The fourth-order valence-corrected chi connectivity index (χ4v) is 2.71. The van der Waals surface area contributed by atoms with Crippen LogP contribution in [0.4, 0.5) is 0 Å². The molecule has 0 spiro atoms. The van der Waals surface area contributed by atoms with Gasteiger partial charge >= 0.3 is 0 Å². The van der Waals surface area contributed by atoms with Crippen molar-refractivity contribution in [2.24, 2.45) is 5.92 Å². The number of carbonyl (C=O) groups is 2. The summed E-state index contributed by atoms with van der Waals surface area (Å²) in [5.74, 6) is 0.546. The van der Waals surface area contributed by atoms with Gasteiger partial charge in [-0.15, -0.1) is 0 Å². The number of ether oxygens (including phenoxy) is 1. The van der Waals surface area contributed by atoms with Gasteiger partial charge in [0.2, 0.25) is 5.91 Å². The first-order valence-corrected chi connectivity index (χ1v) is 7.18. The Labute approximate surface area is 128 Å². The molecular weight excluding hydrogens is 278 g/mol. The maximum atomic E-state index is 12.7. The summed E-state index contributed by atoms with van der Waals surface area (Å²) in [4.78, 5) is 23.7. The van der Waals surface area contributed by atoms with Crippen LogP contribution in [-0.4, -0.2) is 23.9 Å². The second kappa shape index (κ2) is 5.30. The first-order chi connectivity index (χ1) is 10.6. The number of fused-ring (bicyclic) bond motifs is 3. The zero-order valence-corrected chi connectivity index (χ0v) is 12.8. The van der Waals surface area contributed by atoms with E-state index in [-0.39, 0.29) is 11.8 Å². The van der Waals surface area contributed by atoms with Crippen molar-refractivity contribution in [2.75, 3.05) is 7.11 Å². The Morgan fingerprint density at radius 2 is 1.73 bits per heavy atom. The van der Waals surface area contributed by atoms with E-state index in [4.69, 9.17) is 4.74 Å². The lowest BCUT2D eigenvalue weighted by molar-refractivity contribution is 0.0865. The molecule has 4 nitrogen and oxygen atoms in total. The van der Waals surface area contributed by atoms with E-state index >= 15 is 0 Å². The molecule has 3 aromatic rings. The monoisotopic (exact) mass is 295 g/mol. The summed E-state index contributed by atoms with van der Waals surface area (Å²) in [5, 5.41) is 1.93. The van der Waals surface area contributed by atoms with Gasteiger partial charge in [-0.25, -0.2) is 0 Å². The molecule has 1 heterocycles. The smallest absolute Gasteiger partial charge is 0.234 e. The number of benzene rings is 2. The van der Waals surface area contributed by atoms with Crippen LogP contribution < -0.4 is 4.74 Å². The first kappa shape index (κ1) is 14.3. The van der Waals surface area contributed by atoms with Gasteiger partial charge in [0.25, 0.3) is 0 Å². The minimum atomic E-state index is -0.148. The van der Waals surface area contributed by atoms with E-state index in [1.807, 2.05) is 38.1 Å². The molecule has 0 aliphatic carbocycles. The van der Waals surface area contributed by atoms with E-state index in [0.29, 0.717) is 11.3 Å². The van der Waals surface area contributed by atoms with Crippen LogP contribution in [0.25, 0.3) is 21.8 Å². The normalized spacial score (nSPS) is 11.3. The number of methoxy groups -OCH3 is 1. The topological polar surface area (TPSA) is 48.3 Å². The van der Waals surface area contributed by atoms with Crippen LogP contribution in [0.1, 0.15) is 29.0 Å². The van der Waals surface area contributed by atoms with Gasteiger partial charge in [0.15, 0.2) is 0 Å². The Bertz CT molecular complexity index is 890. The number of rotatable bonds is 3. The quantitative estimate of drug-likeness (QED) is 0.688. The second-order valence-corrected chi connectivity index (χ2v) is 5.61. The van der Waals surface area contributed by atoms with Crippen molar-refractivity contribution in [2.45, 2.75) is 13.8 Å². The molecule has 0 fully saturated rings. The number of nitrogens with zero attached hydrogens (tertiary/aromatic N) is 1. The lowest BCUT2D eigenvalue weighted by Crippen LogP contribution is -2.16.